The van der Waals surface area contributed by atoms with Gasteiger partial charge in [-0.2, -0.15) is 0 Å². The molecule has 0 unspecified atom stereocenters. The molecule has 2 aromatic rings. The molecule has 0 aliphatic heterocycles. The van der Waals surface area contributed by atoms with Gasteiger partial charge in [0.2, 0.25) is 0 Å². The predicted octanol–water partition coefficient (Wildman–Crippen LogP) is 4.38. The van der Waals surface area contributed by atoms with Gasteiger partial charge in [-0.3, -0.25) is 4.79 Å². The molecule has 1 amide bonds. The molecule has 0 saturated carbocycles. The average molecular weight is 347 g/mol. The molecule has 0 fully saturated rings. The molecular weight excluding hydrogens is 328 g/mol. The number of nitrogens with zero attached hydrogens (tertiary/aromatic N) is 1. The summed E-state index contributed by atoms with van der Waals surface area (Å²) in [5.74, 6) is -0.0971. The monoisotopic (exact) mass is 346 g/mol. The van der Waals surface area contributed by atoms with Gasteiger partial charge in [-0.05, 0) is 61.4 Å². The molecule has 0 radical (unpaired) electrons. The van der Waals surface area contributed by atoms with Crippen molar-refractivity contribution in [1.29, 1.82) is 0 Å². The summed E-state index contributed by atoms with van der Waals surface area (Å²) in [6, 6.07) is 11.7. The maximum absolute atomic E-state index is 12.3. The average Bonchev–Trinajstić information content (AvgIpc) is 2.39. The third-order valence-electron chi connectivity index (χ3n) is 3.28. The molecule has 3 nitrogen and oxygen atoms in total. The lowest BCUT2D eigenvalue weighted by molar-refractivity contribution is 0.102. The van der Waals surface area contributed by atoms with E-state index in [0.29, 0.717) is 5.56 Å². The van der Waals surface area contributed by atoms with Crippen molar-refractivity contribution in [3.05, 3.63) is 57.6 Å². The fourth-order valence-electron chi connectivity index (χ4n) is 2.13. The van der Waals surface area contributed by atoms with Crippen molar-refractivity contribution < 1.29 is 4.79 Å². The zero-order chi connectivity index (χ0) is 15.6. The SMILES string of the molecule is Cc1cc(Br)cc(C(=O)Nc2ccc(N(C)C)cc2C)c1. The first-order chi connectivity index (χ1) is 9.86. The number of hydrogen-bond donors (Lipinski definition) is 1. The van der Waals surface area contributed by atoms with Crippen molar-refractivity contribution >= 4 is 33.2 Å². The van der Waals surface area contributed by atoms with E-state index in [-0.39, 0.29) is 5.91 Å². The maximum Gasteiger partial charge on any atom is 0.255 e. The van der Waals surface area contributed by atoms with Crippen molar-refractivity contribution in [2.45, 2.75) is 13.8 Å². The van der Waals surface area contributed by atoms with Crippen LogP contribution in [-0.4, -0.2) is 20.0 Å². The Morgan fingerprint density at radius 1 is 1.10 bits per heavy atom. The summed E-state index contributed by atoms with van der Waals surface area (Å²) in [6.45, 7) is 3.97. The van der Waals surface area contributed by atoms with Crippen LogP contribution in [0.1, 0.15) is 21.5 Å². The quantitative estimate of drug-likeness (QED) is 0.893. The van der Waals surface area contributed by atoms with Gasteiger partial charge < -0.3 is 10.2 Å². The summed E-state index contributed by atoms with van der Waals surface area (Å²) < 4.78 is 0.910. The molecule has 0 aliphatic rings. The Morgan fingerprint density at radius 3 is 2.38 bits per heavy atom. The van der Waals surface area contributed by atoms with Crippen LogP contribution >= 0.6 is 15.9 Å². The highest BCUT2D eigenvalue weighted by molar-refractivity contribution is 9.10. The topological polar surface area (TPSA) is 32.3 Å². The number of carbonyl (C=O) groups is 1. The van der Waals surface area contributed by atoms with Gasteiger partial charge in [-0.15, -0.1) is 0 Å². The number of amides is 1. The molecule has 0 spiro atoms. The van der Waals surface area contributed by atoms with Crippen molar-refractivity contribution in [3.63, 3.8) is 0 Å². The third kappa shape index (κ3) is 3.85. The molecule has 2 rings (SSSR count). The van der Waals surface area contributed by atoms with Crippen LogP contribution in [-0.2, 0) is 0 Å². The number of halogens is 1. The van der Waals surface area contributed by atoms with Gasteiger partial charge in [-0.25, -0.2) is 0 Å². The van der Waals surface area contributed by atoms with Crippen molar-refractivity contribution in [1.82, 2.24) is 0 Å². The van der Waals surface area contributed by atoms with Crippen LogP contribution in [0.3, 0.4) is 0 Å². The minimum Gasteiger partial charge on any atom is -0.378 e. The van der Waals surface area contributed by atoms with Gasteiger partial charge >= 0.3 is 0 Å². The lowest BCUT2D eigenvalue weighted by Crippen LogP contribution is -2.14. The van der Waals surface area contributed by atoms with Crippen molar-refractivity contribution in [3.8, 4) is 0 Å². The summed E-state index contributed by atoms with van der Waals surface area (Å²) >= 11 is 3.42. The highest BCUT2D eigenvalue weighted by Gasteiger charge is 2.09. The van der Waals surface area contributed by atoms with E-state index in [2.05, 4.69) is 27.3 Å². The first-order valence-corrected chi connectivity index (χ1v) is 7.52. The molecule has 21 heavy (non-hydrogen) atoms. The fraction of sp³-hybridized carbons (Fsp3) is 0.235. The Kier molecular flexibility index (Phi) is 4.68. The molecule has 0 atom stereocenters. The Balaban J connectivity index is 2.23. The molecule has 0 heterocycles. The van der Waals surface area contributed by atoms with E-state index in [1.165, 1.54) is 0 Å². The smallest absolute Gasteiger partial charge is 0.255 e. The Hall–Kier alpha value is -1.81. The maximum atomic E-state index is 12.3. The van der Waals surface area contributed by atoms with E-state index in [1.54, 1.807) is 0 Å². The van der Waals surface area contributed by atoms with Gasteiger partial charge in [0.25, 0.3) is 5.91 Å². The van der Waals surface area contributed by atoms with E-state index < -0.39 is 0 Å². The van der Waals surface area contributed by atoms with Gasteiger partial charge in [0.15, 0.2) is 0 Å². The van der Waals surface area contributed by atoms with Crippen molar-refractivity contribution in [2.24, 2.45) is 0 Å². The second-order valence-electron chi connectivity index (χ2n) is 5.37. The second-order valence-corrected chi connectivity index (χ2v) is 6.28. The van der Waals surface area contributed by atoms with Gasteiger partial charge in [0.05, 0.1) is 0 Å². The summed E-state index contributed by atoms with van der Waals surface area (Å²) in [6.07, 6.45) is 0. The lowest BCUT2D eigenvalue weighted by Gasteiger charge is -2.15. The Labute approximate surface area is 134 Å². The molecule has 1 N–H and O–H groups in total. The number of rotatable bonds is 3. The summed E-state index contributed by atoms with van der Waals surface area (Å²) in [7, 11) is 3.99. The fourth-order valence-corrected chi connectivity index (χ4v) is 2.74. The molecule has 4 heteroatoms. The number of benzene rings is 2. The number of anilines is 2. The second kappa shape index (κ2) is 6.31. The molecule has 110 valence electrons. The number of hydrogen-bond acceptors (Lipinski definition) is 2. The summed E-state index contributed by atoms with van der Waals surface area (Å²) in [4.78, 5) is 14.4. The zero-order valence-corrected chi connectivity index (χ0v) is 14.3. The van der Waals surface area contributed by atoms with E-state index >= 15 is 0 Å². The third-order valence-corrected chi connectivity index (χ3v) is 3.74. The van der Waals surface area contributed by atoms with Gasteiger partial charge in [-0.1, -0.05) is 15.9 Å². The van der Waals surface area contributed by atoms with Gasteiger partial charge in [0.1, 0.15) is 0 Å². The van der Waals surface area contributed by atoms with Crippen LogP contribution < -0.4 is 10.2 Å². The normalized spacial score (nSPS) is 10.3. The Morgan fingerprint density at radius 2 is 1.81 bits per heavy atom. The summed E-state index contributed by atoms with van der Waals surface area (Å²) in [5, 5.41) is 2.97. The van der Waals surface area contributed by atoms with E-state index in [1.807, 2.05) is 63.2 Å². The lowest BCUT2D eigenvalue weighted by atomic mass is 10.1. The van der Waals surface area contributed by atoms with Crippen LogP contribution in [0.2, 0.25) is 0 Å². The highest BCUT2D eigenvalue weighted by Crippen LogP contribution is 2.22. The van der Waals surface area contributed by atoms with E-state index in [9.17, 15) is 4.79 Å². The molecule has 0 aliphatic carbocycles. The number of carbonyl (C=O) groups excluding carboxylic acids is 1. The minimum absolute atomic E-state index is 0.0971. The predicted molar refractivity (Wildman–Crippen MR) is 92.3 cm³/mol. The molecule has 0 saturated heterocycles. The standard InChI is InChI=1S/C17H19BrN2O/c1-11-7-13(10-14(18)8-11)17(21)19-16-6-5-15(20(3)4)9-12(16)2/h5-10H,1-4H3,(H,19,21). The Bertz CT molecular complexity index is 660. The zero-order valence-electron chi connectivity index (χ0n) is 12.7. The van der Waals surface area contributed by atoms with Crippen LogP contribution in [0.15, 0.2) is 40.9 Å². The minimum atomic E-state index is -0.0971. The molecule has 0 bridgehead atoms. The molecular formula is C17H19BrN2O. The van der Waals surface area contributed by atoms with E-state index in [4.69, 9.17) is 0 Å². The van der Waals surface area contributed by atoms with Gasteiger partial charge in [0, 0.05) is 35.5 Å². The molecule has 2 aromatic carbocycles. The van der Waals surface area contributed by atoms with Crippen LogP contribution in [0.25, 0.3) is 0 Å². The largest absolute Gasteiger partial charge is 0.378 e. The van der Waals surface area contributed by atoms with Crippen molar-refractivity contribution in [2.75, 3.05) is 24.3 Å². The highest BCUT2D eigenvalue weighted by atomic mass is 79.9. The number of aryl methyl sites for hydroxylation is 2. The summed E-state index contributed by atoms with van der Waals surface area (Å²) in [5.41, 5.74) is 4.69. The molecule has 0 aromatic heterocycles. The van der Waals surface area contributed by atoms with Crippen LogP contribution in [0, 0.1) is 13.8 Å². The van der Waals surface area contributed by atoms with E-state index in [0.717, 1.165) is 27.0 Å². The van der Waals surface area contributed by atoms with Crippen LogP contribution in [0.4, 0.5) is 11.4 Å². The number of nitrogens with one attached hydrogen (secondary N) is 1. The first-order valence-electron chi connectivity index (χ1n) is 6.73. The van der Waals surface area contributed by atoms with Crippen LogP contribution in [0.5, 0.6) is 0 Å². The first kappa shape index (κ1) is 15.6.